The Labute approximate surface area is 115 Å². The van der Waals surface area contributed by atoms with Gasteiger partial charge in [0.15, 0.2) is 0 Å². The Kier molecular flexibility index (Phi) is 3.97. The summed E-state index contributed by atoms with van der Waals surface area (Å²) < 4.78 is 0. The lowest BCUT2D eigenvalue weighted by molar-refractivity contribution is 0.460. The Hall–Kier alpha value is -1.16. The first-order valence-electron chi connectivity index (χ1n) is 7.68. The lowest BCUT2D eigenvalue weighted by Crippen LogP contribution is -2.36. The van der Waals surface area contributed by atoms with Crippen LogP contribution in [0.15, 0.2) is 6.33 Å². The number of aryl methyl sites for hydroxylation is 1. The van der Waals surface area contributed by atoms with Crippen LogP contribution in [0.1, 0.15) is 49.8 Å². The van der Waals surface area contributed by atoms with Crippen LogP contribution >= 0.6 is 0 Å². The van der Waals surface area contributed by atoms with E-state index in [2.05, 4.69) is 15.3 Å². The molecule has 3 rings (SSSR count). The maximum absolute atomic E-state index is 5.97. The number of anilines is 1. The second kappa shape index (κ2) is 5.87. The zero-order chi connectivity index (χ0) is 13.1. The minimum absolute atomic E-state index is 0.378. The molecule has 2 aliphatic carbocycles. The summed E-state index contributed by atoms with van der Waals surface area (Å²) in [5.74, 6) is 1.77. The second-order valence-corrected chi connectivity index (χ2v) is 5.89. The van der Waals surface area contributed by atoms with Crippen molar-refractivity contribution < 1.29 is 0 Å². The molecule has 4 nitrogen and oxygen atoms in total. The fourth-order valence-electron chi connectivity index (χ4n) is 3.55. The van der Waals surface area contributed by atoms with E-state index in [9.17, 15) is 0 Å². The summed E-state index contributed by atoms with van der Waals surface area (Å²) in [6, 6.07) is 0.378. The molecule has 104 valence electrons. The van der Waals surface area contributed by atoms with Gasteiger partial charge in [0, 0.05) is 23.8 Å². The van der Waals surface area contributed by atoms with Gasteiger partial charge >= 0.3 is 0 Å². The van der Waals surface area contributed by atoms with Gasteiger partial charge in [0.05, 0.1) is 0 Å². The Morgan fingerprint density at radius 1 is 1.16 bits per heavy atom. The normalized spacial score (nSPS) is 21.1. The first-order chi connectivity index (χ1) is 9.38. The number of hydrogen-bond acceptors (Lipinski definition) is 4. The van der Waals surface area contributed by atoms with E-state index in [1.54, 1.807) is 6.33 Å². The van der Waals surface area contributed by atoms with Crippen LogP contribution in [-0.4, -0.2) is 22.6 Å². The molecule has 3 N–H and O–H groups in total. The summed E-state index contributed by atoms with van der Waals surface area (Å²) in [5.41, 5.74) is 8.55. The van der Waals surface area contributed by atoms with Gasteiger partial charge in [-0.05, 0) is 44.4 Å². The van der Waals surface area contributed by atoms with Crippen molar-refractivity contribution in [3.8, 4) is 0 Å². The fourth-order valence-corrected chi connectivity index (χ4v) is 3.55. The monoisotopic (exact) mass is 260 g/mol. The molecular weight excluding hydrogens is 236 g/mol. The highest BCUT2D eigenvalue weighted by Crippen LogP contribution is 2.30. The van der Waals surface area contributed by atoms with E-state index < -0.39 is 0 Å². The summed E-state index contributed by atoms with van der Waals surface area (Å²) in [5, 5.41) is 3.62. The Morgan fingerprint density at radius 2 is 1.95 bits per heavy atom. The SMILES string of the molecule is NCC(Nc1ncnc2c1CCCC2)C1CCCC1. The molecule has 0 aromatic carbocycles. The van der Waals surface area contributed by atoms with E-state index in [1.165, 1.54) is 49.8 Å². The molecule has 1 fully saturated rings. The molecule has 0 saturated heterocycles. The highest BCUT2D eigenvalue weighted by atomic mass is 15.1. The van der Waals surface area contributed by atoms with Gasteiger partial charge in [-0.1, -0.05) is 12.8 Å². The standard InChI is InChI=1S/C15H24N4/c16-9-14(11-5-1-2-6-11)19-15-12-7-3-4-8-13(12)17-10-18-15/h10-11,14H,1-9,16H2,(H,17,18,19). The molecular formula is C15H24N4. The zero-order valence-corrected chi connectivity index (χ0v) is 11.6. The maximum Gasteiger partial charge on any atom is 0.133 e. The summed E-state index contributed by atoms with van der Waals surface area (Å²) in [6.45, 7) is 0.698. The molecule has 1 aromatic heterocycles. The molecule has 1 heterocycles. The van der Waals surface area contributed by atoms with E-state index in [1.807, 2.05) is 0 Å². The molecule has 1 saturated carbocycles. The molecule has 4 heteroatoms. The van der Waals surface area contributed by atoms with Gasteiger partial charge in [0.25, 0.3) is 0 Å². The van der Waals surface area contributed by atoms with Gasteiger partial charge in [-0.2, -0.15) is 0 Å². The minimum Gasteiger partial charge on any atom is -0.365 e. The third kappa shape index (κ3) is 2.73. The topological polar surface area (TPSA) is 63.8 Å². The summed E-state index contributed by atoms with van der Waals surface area (Å²) in [7, 11) is 0. The first-order valence-corrected chi connectivity index (χ1v) is 7.68. The molecule has 0 aliphatic heterocycles. The number of rotatable bonds is 4. The van der Waals surface area contributed by atoms with Crippen molar-refractivity contribution in [3.05, 3.63) is 17.6 Å². The van der Waals surface area contributed by atoms with Crippen molar-refractivity contribution in [1.82, 2.24) is 9.97 Å². The largest absolute Gasteiger partial charge is 0.365 e. The van der Waals surface area contributed by atoms with Crippen LogP contribution in [0.5, 0.6) is 0 Å². The number of nitrogens with one attached hydrogen (secondary N) is 1. The third-order valence-corrected chi connectivity index (χ3v) is 4.67. The van der Waals surface area contributed by atoms with Crippen molar-refractivity contribution in [3.63, 3.8) is 0 Å². The van der Waals surface area contributed by atoms with E-state index in [4.69, 9.17) is 5.73 Å². The van der Waals surface area contributed by atoms with Crippen LogP contribution < -0.4 is 11.1 Å². The number of fused-ring (bicyclic) bond motifs is 1. The van der Waals surface area contributed by atoms with E-state index in [0.717, 1.165) is 24.6 Å². The van der Waals surface area contributed by atoms with E-state index in [0.29, 0.717) is 12.6 Å². The Balaban J connectivity index is 1.78. The van der Waals surface area contributed by atoms with Gasteiger partial charge in [-0.25, -0.2) is 9.97 Å². The van der Waals surface area contributed by atoms with Gasteiger partial charge in [0.2, 0.25) is 0 Å². The zero-order valence-electron chi connectivity index (χ0n) is 11.6. The summed E-state index contributed by atoms with van der Waals surface area (Å²) in [4.78, 5) is 8.90. The van der Waals surface area contributed by atoms with Gasteiger partial charge < -0.3 is 11.1 Å². The second-order valence-electron chi connectivity index (χ2n) is 5.89. The van der Waals surface area contributed by atoms with Crippen molar-refractivity contribution in [2.24, 2.45) is 11.7 Å². The highest BCUT2D eigenvalue weighted by Gasteiger charge is 2.25. The molecule has 0 spiro atoms. The maximum atomic E-state index is 5.97. The highest BCUT2D eigenvalue weighted by molar-refractivity contribution is 5.47. The van der Waals surface area contributed by atoms with Gasteiger partial charge in [-0.15, -0.1) is 0 Å². The minimum atomic E-state index is 0.378. The third-order valence-electron chi connectivity index (χ3n) is 4.67. The summed E-state index contributed by atoms with van der Waals surface area (Å²) in [6.07, 6.45) is 11.7. The number of nitrogens with zero attached hydrogens (tertiary/aromatic N) is 2. The van der Waals surface area contributed by atoms with Crippen LogP contribution in [0, 0.1) is 5.92 Å². The predicted octanol–water partition coefficient (Wildman–Crippen LogP) is 2.28. The van der Waals surface area contributed by atoms with Crippen molar-refractivity contribution >= 4 is 5.82 Å². The van der Waals surface area contributed by atoms with E-state index >= 15 is 0 Å². The quantitative estimate of drug-likeness (QED) is 0.872. The van der Waals surface area contributed by atoms with Crippen LogP contribution in [0.25, 0.3) is 0 Å². The van der Waals surface area contributed by atoms with Gasteiger partial charge in [-0.3, -0.25) is 0 Å². The Bertz CT molecular complexity index is 426. The molecule has 2 aliphatic rings. The average Bonchev–Trinajstić information content (AvgIpc) is 2.99. The van der Waals surface area contributed by atoms with Crippen molar-refractivity contribution in [2.75, 3.05) is 11.9 Å². The molecule has 1 unspecified atom stereocenters. The summed E-state index contributed by atoms with van der Waals surface area (Å²) >= 11 is 0. The lowest BCUT2D eigenvalue weighted by atomic mass is 9.94. The molecule has 1 aromatic rings. The lowest BCUT2D eigenvalue weighted by Gasteiger charge is -2.26. The van der Waals surface area contributed by atoms with Crippen molar-refractivity contribution in [1.29, 1.82) is 0 Å². The number of hydrogen-bond donors (Lipinski definition) is 2. The molecule has 19 heavy (non-hydrogen) atoms. The first kappa shape index (κ1) is 12.9. The van der Waals surface area contributed by atoms with Crippen molar-refractivity contribution in [2.45, 2.75) is 57.4 Å². The number of nitrogens with two attached hydrogens (primary N) is 1. The van der Waals surface area contributed by atoms with Crippen LogP contribution in [-0.2, 0) is 12.8 Å². The van der Waals surface area contributed by atoms with E-state index in [-0.39, 0.29) is 0 Å². The fraction of sp³-hybridized carbons (Fsp3) is 0.733. The molecule has 0 bridgehead atoms. The Morgan fingerprint density at radius 3 is 2.74 bits per heavy atom. The smallest absolute Gasteiger partial charge is 0.133 e. The predicted molar refractivity (Wildman–Crippen MR) is 77.1 cm³/mol. The van der Waals surface area contributed by atoms with Crippen LogP contribution in [0.3, 0.4) is 0 Å². The molecule has 1 atom stereocenters. The van der Waals surface area contributed by atoms with Gasteiger partial charge in [0.1, 0.15) is 12.1 Å². The number of aromatic nitrogens is 2. The average molecular weight is 260 g/mol. The molecule has 0 radical (unpaired) electrons. The molecule has 0 amide bonds. The van der Waals surface area contributed by atoms with Crippen LogP contribution in [0.2, 0.25) is 0 Å². The van der Waals surface area contributed by atoms with Crippen LogP contribution in [0.4, 0.5) is 5.82 Å².